The molecule has 1 amide bonds. The second-order valence-electron chi connectivity index (χ2n) is 9.63. The fraction of sp³-hybridized carbons (Fsp3) is 0.344. The summed E-state index contributed by atoms with van der Waals surface area (Å²) in [7, 11) is 0. The van der Waals surface area contributed by atoms with Crippen molar-refractivity contribution in [3.05, 3.63) is 95.3 Å². The molecule has 2 aromatic carbocycles. The zero-order valence-corrected chi connectivity index (χ0v) is 22.6. The molecule has 1 atom stereocenters. The van der Waals surface area contributed by atoms with Crippen molar-refractivity contribution in [3.8, 4) is 11.5 Å². The number of aliphatic hydroxyl groups excluding tert-OH is 1. The Bertz CT molecular complexity index is 1270. The number of nitrogens with zero attached hydrogens (tertiary/aromatic N) is 2. The maximum absolute atomic E-state index is 13.3. The van der Waals surface area contributed by atoms with E-state index in [1.54, 1.807) is 48.8 Å². The van der Waals surface area contributed by atoms with Gasteiger partial charge in [0, 0.05) is 24.5 Å². The number of hydrogen-bond acceptors (Lipinski definition) is 6. The number of aromatic nitrogens is 1. The van der Waals surface area contributed by atoms with Crippen molar-refractivity contribution < 1.29 is 24.2 Å². The van der Waals surface area contributed by atoms with Gasteiger partial charge in [-0.15, -0.1) is 0 Å². The summed E-state index contributed by atoms with van der Waals surface area (Å²) in [6.07, 6.45) is 8.48. The van der Waals surface area contributed by atoms with Crippen molar-refractivity contribution in [1.82, 2.24) is 9.88 Å². The lowest BCUT2D eigenvalue weighted by molar-refractivity contribution is -0.140. The van der Waals surface area contributed by atoms with E-state index in [1.807, 2.05) is 24.3 Å². The molecule has 0 radical (unpaired) electrons. The Morgan fingerprint density at radius 3 is 2.03 bits per heavy atom. The Kier molecular flexibility index (Phi) is 9.73. The second kappa shape index (κ2) is 13.6. The number of ether oxygens (including phenoxy) is 2. The minimum atomic E-state index is -0.757. The number of amides is 1. The van der Waals surface area contributed by atoms with Crippen LogP contribution in [-0.2, 0) is 16.1 Å². The molecular formula is C32H36N2O5. The summed E-state index contributed by atoms with van der Waals surface area (Å²) in [4.78, 5) is 32.2. The van der Waals surface area contributed by atoms with E-state index >= 15 is 0 Å². The lowest BCUT2D eigenvalue weighted by atomic mass is 9.95. The Morgan fingerprint density at radius 1 is 0.821 bits per heavy atom. The summed E-state index contributed by atoms with van der Waals surface area (Å²) < 4.78 is 11.6. The highest BCUT2D eigenvalue weighted by molar-refractivity contribution is 6.46. The van der Waals surface area contributed by atoms with E-state index in [1.165, 1.54) is 4.90 Å². The lowest BCUT2D eigenvalue weighted by Crippen LogP contribution is -2.29. The predicted octanol–water partition coefficient (Wildman–Crippen LogP) is 6.45. The summed E-state index contributed by atoms with van der Waals surface area (Å²) in [5.74, 6) is -0.174. The molecule has 7 nitrogen and oxygen atoms in total. The molecule has 1 fully saturated rings. The Labute approximate surface area is 230 Å². The largest absolute Gasteiger partial charge is 0.507 e. The molecule has 1 saturated heterocycles. The Morgan fingerprint density at radius 2 is 1.41 bits per heavy atom. The van der Waals surface area contributed by atoms with Crippen LogP contribution in [0, 0.1) is 0 Å². The number of aliphatic hydroxyl groups is 1. The molecule has 204 valence electrons. The number of pyridine rings is 1. The van der Waals surface area contributed by atoms with E-state index in [9.17, 15) is 14.7 Å². The molecule has 1 aliphatic rings. The zero-order chi connectivity index (χ0) is 27.6. The van der Waals surface area contributed by atoms with E-state index in [0.29, 0.717) is 30.1 Å². The molecule has 1 unspecified atom stereocenters. The fourth-order valence-corrected chi connectivity index (χ4v) is 4.56. The molecule has 0 saturated carbocycles. The van der Waals surface area contributed by atoms with Crippen molar-refractivity contribution in [1.29, 1.82) is 0 Å². The van der Waals surface area contributed by atoms with Crippen LogP contribution in [-0.4, -0.2) is 39.9 Å². The molecule has 3 aromatic rings. The van der Waals surface area contributed by atoms with Gasteiger partial charge in [-0.25, -0.2) is 0 Å². The third kappa shape index (κ3) is 6.85. The first-order chi connectivity index (χ1) is 19.0. The van der Waals surface area contributed by atoms with Crippen molar-refractivity contribution in [2.45, 2.75) is 58.5 Å². The first kappa shape index (κ1) is 27.9. The van der Waals surface area contributed by atoms with Gasteiger partial charge in [-0.3, -0.25) is 14.6 Å². The molecule has 4 rings (SSSR count). The lowest BCUT2D eigenvalue weighted by Gasteiger charge is -2.25. The maximum Gasteiger partial charge on any atom is 0.295 e. The van der Waals surface area contributed by atoms with Crippen molar-refractivity contribution in [3.63, 3.8) is 0 Å². The van der Waals surface area contributed by atoms with Crippen LogP contribution in [0.4, 0.5) is 0 Å². The summed E-state index contributed by atoms with van der Waals surface area (Å²) in [5.41, 5.74) is 2.05. The molecule has 0 spiro atoms. The molecular weight excluding hydrogens is 492 g/mol. The van der Waals surface area contributed by atoms with Crippen LogP contribution in [0.2, 0.25) is 0 Å². The second-order valence-corrected chi connectivity index (χ2v) is 9.63. The quantitative estimate of drug-likeness (QED) is 0.119. The van der Waals surface area contributed by atoms with Crippen molar-refractivity contribution in [2.75, 3.05) is 13.2 Å². The third-order valence-electron chi connectivity index (χ3n) is 6.75. The van der Waals surface area contributed by atoms with Gasteiger partial charge < -0.3 is 19.5 Å². The molecule has 1 N–H and O–H groups in total. The number of benzene rings is 2. The number of carbonyl (C=O) groups is 2. The van der Waals surface area contributed by atoms with Crippen LogP contribution in [0.25, 0.3) is 5.76 Å². The minimum Gasteiger partial charge on any atom is -0.507 e. The smallest absolute Gasteiger partial charge is 0.295 e. The standard InChI is InChI=1S/C32H36N2O5/c1-3-5-7-21-39-26-12-8-24(9-13-26)29-28(30(35)25-10-14-27(15-11-25)38-20-6-4-2)31(36)32(37)34(29)22-23-16-18-33-19-17-23/h8-19,29,35H,3-7,20-22H2,1-2H3. The Hall–Kier alpha value is -4.13. The molecule has 2 heterocycles. The van der Waals surface area contributed by atoms with Gasteiger partial charge in [0.25, 0.3) is 11.7 Å². The maximum atomic E-state index is 13.3. The predicted molar refractivity (Wildman–Crippen MR) is 150 cm³/mol. The summed E-state index contributed by atoms with van der Waals surface area (Å²) in [6, 6.07) is 17.2. The third-order valence-corrected chi connectivity index (χ3v) is 6.75. The summed E-state index contributed by atoms with van der Waals surface area (Å²) in [6.45, 7) is 5.69. The number of hydrogen-bond donors (Lipinski definition) is 1. The van der Waals surface area contributed by atoms with E-state index in [0.717, 1.165) is 43.4 Å². The van der Waals surface area contributed by atoms with Gasteiger partial charge in [0.05, 0.1) is 24.8 Å². The molecule has 7 heteroatoms. The highest BCUT2D eigenvalue weighted by atomic mass is 16.5. The number of ketones is 1. The van der Waals surface area contributed by atoms with Gasteiger partial charge in [-0.2, -0.15) is 0 Å². The zero-order valence-electron chi connectivity index (χ0n) is 22.6. The average Bonchev–Trinajstić information content (AvgIpc) is 3.21. The SMILES string of the molecule is CCCCCOc1ccc(C2C(=C(O)c3ccc(OCCCC)cc3)C(=O)C(=O)N2Cc2ccncc2)cc1. The van der Waals surface area contributed by atoms with Gasteiger partial charge >= 0.3 is 0 Å². The van der Waals surface area contributed by atoms with Crippen molar-refractivity contribution >= 4 is 17.4 Å². The number of likely N-dealkylation sites (tertiary alicyclic amines) is 1. The van der Waals surface area contributed by atoms with E-state index in [-0.39, 0.29) is 17.9 Å². The number of rotatable bonds is 13. The summed E-state index contributed by atoms with van der Waals surface area (Å²) in [5, 5.41) is 11.4. The fourth-order valence-electron chi connectivity index (χ4n) is 4.56. The van der Waals surface area contributed by atoms with E-state index < -0.39 is 17.7 Å². The minimum absolute atomic E-state index is 0.0605. The van der Waals surface area contributed by atoms with Crippen LogP contribution >= 0.6 is 0 Å². The molecule has 0 bridgehead atoms. The van der Waals surface area contributed by atoms with Gasteiger partial charge in [0.1, 0.15) is 17.3 Å². The topological polar surface area (TPSA) is 89.0 Å². The molecule has 39 heavy (non-hydrogen) atoms. The van der Waals surface area contributed by atoms with Crippen LogP contribution in [0.1, 0.15) is 68.7 Å². The van der Waals surface area contributed by atoms with Crippen LogP contribution < -0.4 is 9.47 Å². The normalized spacial score (nSPS) is 16.5. The van der Waals surface area contributed by atoms with Gasteiger partial charge in [-0.1, -0.05) is 45.2 Å². The van der Waals surface area contributed by atoms with E-state index in [4.69, 9.17) is 9.47 Å². The molecule has 0 aliphatic carbocycles. The van der Waals surface area contributed by atoms with Crippen LogP contribution in [0.15, 0.2) is 78.6 Å². The van der Waals surface area contributed by atoms with Crippen LogP contribution in [0.5, 0.6) is 11.5 Å². The monoisotopic (exact) mass is 528 g/mol. The van der Waals surface area contributed by atoms with E-state index in [2.05, 4.69) is 18.8 Å². The number of carbonyl (C=O) groups excluding carboxylic acids is 2. The van der Waals surface area contributed by atoms with Gasteiger partial charge in [0.2, 0.25) is 0 Å². The highest BCUT2D eigenvalue weighted by Crippen LogP contribution is 2.40. The van der Waals surface area contributed by atoms with Crippen LogP contribution in [0.3, 0.4) is 0 Å². The van der Waals surface area contributed by atoms with Gasteiger partial charge in [-0.05, 0) is 72.5 Å². The van der Waals surface area contributed by atoms with Gasteiger partial charge in [0.15, 0.2) is 0 Å². The highest BCUT2D eigenvalue weighted by Gasteiger charge is 2.46. The molecule has 1 aliphatic heterocycles. The average molecular weight is 529 g/mol. The van der Waals surface area contributed by atoms with Crippen molar-refractivity contribution in [2.24, 2.45) is 0 Å². The number of Topliss-reactive ketones (excluding diaryl/α,β-unsaturated/α-hetero) is 1. The Balaban J connectivity index is 1.67. The first-order valence-electron chi connectivity index (χ1n) is 13.7. The first-order valence-corrected chi connectivity index (χ1v) is 13.7. The number of unbranched alkanes of at least 4 members (excludes halogenated alkanes) is 3. The summed E-state index contributed by atoms with van der Waals surface area (Å²) >= 11 is 0. The molecule has 1 aromatic heterocycles.